The average molecular weight is 455 g/mol. The molecule has 1 aliphatic heterocycles. The van der Waals surface area contributed by atoms with Gasteiger partial charge in [0.15, 0.2) is 18.5 Å². The first kappa shape index (κ1) is 31.0. The molecule has 29 heavy (non-hydrogen) atoms. The van der Waals surface area contributed by atoms with E-state index < -0.39 is 63.0 Å². The van der Waals surface area contributed by atoms with Crippen LogP contribution >= 0.6 is 7.82 Å². The number of ether oxygens (including phenoxy) is 4. The van der Waals surface area contributed by atoms with Crippen molar-refractivity contribution in [3.63, 3.8) is 0 Å². The maximum Gasteiger partial charge on any atom is 1.00 e. The van der Waals surface area contributed by atoms with Crippen molar-refractivity contribution in [1.82, 2.24) is 0 Å². The molecule has 0 radical (unpaired) electrons. The van der Waals surface area contributed by atoms with Crippen molar-refractivity contribution in [2.24, 2.45) is 5.11 Å². The Morgan fingerprint density at radius 2 is 1.59 bits per heavy atom. The Morgan fingerprint density at radius 3 is 2.00 bits per heavy atom. The number of carbonyl (C=O) groups excluding carboxylic acids is 3. The van der Waals surface area contributed by atoms with Gasteiger partial charge in [-0.2, -0.15) is 0 Å². The van der Waals surface area contributed by atoms with Gasteiger partial charge in [0.25, 0.3) is 0 Å². The Kier molecular flexibility index (Phi) is 14.9. The summed E-state index contributed by atoms with van der Waals surface area (Å²) in [5.41, 5.74) is 8.70. The molecule has 1 fully saturated rings. The van der Waals surface area contributed by atoms with Crippen LogP contribution in [0, 0.1) is 0 Å². The summed E-state index contributed by atoms with van der Waals surface area (Å²) in [6.45, 7) is 2.49. The molecule has 1 rings (SSSR count). The van der Waals surface area contributed by atoms with Gasteiger partial charge < -0.3 is 37.8 Å². The largest absolute Gasteiger partial charge is 1.00 e. The maximum absolute atomic E-state index is 11.4. The van der Waals surface area contributed by atoms with Crippen LogP contribution in [0.5, 0.6) is 0 Å². The molecule has 1 heterocycles. The standard InChI is InChI=1S/C12H18N3O11P.2Na/c1-5(16)22-4-8-10(23-6(2)17)11(24-7(3)18)9(14-15-13)12(25-8)26-27(19,20)21;;/h8-12H,4H2,1-3H3,(H2,19,20,21);;/q;2*+1/p-2/t8-,9-,10+,11-,12?;;/m1../s1. The van der Waals surface area contributed by atoms with E-state index in [1.165, 1.54) is 0 Å². The zero-order chi connectivity index (χ0) is 20.8. The Morgan fingerprint density at radius 1 is 1.07 bits per heavy atom. The van der Waals surface area contributed by atoms with Gasteiger partial charge in [0.1, 0.15) is 18.8 Å². The molecular weight excluding hydrogens is 439 g/mol. The van der Waals surface area contributed by atoms with Crippen molar-refractivity contribution in [2.75, 3.05) is 6.61 Å². The summed E-state index contributed by atoms with van der Waals surface area (Å²) in [5, 5.41) is 3.23. The summed E-state index contributed by atoms with van der Waals surface area (Å²) < 4.78 is 35.1. The predicted octanol–water partition coefficient (Wildman–Crippen LogP) is -7.33. The van der Waals surface area contributed by atoms with Crippen LogP contribution in [0.15, 0.2) is 5.11 Å². The molecule has 0 amide bonds. The van der Waals surface area contributed by atoms with Crippen molar-refractivity contribution in [1.29, 1.82) is 0 Å². The second-order valence-corrected chi connectivity index (χ2v) is 6.35. The van der Waals surface area contributed by atoms with Crippen LogP contribution < -0.4 is 68.9 Å². The minimum Gasteiger partial charge on any atom is -0.790 e. The number of esters is 3. The van der Waals surface area contributed by atoms with Crippen LogP contribution in [-0.4, -0.2) is 55.2 Å². The summed E-state index contributed by atoms with van der Waals surface area (Å²) in [6.07, 6.45) is -6.46. The summed E-state index contributed by atoms with van der Waals surface area (Å²) in [6, 6.07) is -1.70. The number of nitrogens with zero attached hydrogens (tertiary/aromatic N) is 3. The predicted molar refractivity (Wildman–Crippen MR) is 78.0 cm³/mol. The quantitative estimate of drug-likeness (QED) is 0.0669. The van der Waals surface area contributed by atoms with Crippen LogP contribution in [0.2, 0.25) is 0 Å². The minimum atomic E-state index is -5.63. The summed E-state index contributed by atoms with van der Waals surface area (Å²) in [5.74, 6) is -2.52. The molecule has 0 aromatic heterocycles. The van der Waals surface area contributed by atoms with E-state index in [4.69, 9.17) is 24.5 Å². The minimum absolute atomic E-state index is 0. The molecule has 1 saturated heterocycles. The van der Waals surface area contributed by atoms with Gasteiger partial charge in [-0.1, -0.05) is 5.11 Å². The van der Waals surface area contributed by atoms with Gasteiger partial charge in [0.05, 0.1) is 7.82 Å². The summed E-state index contributed by atoms with van der Waals surface area (Å²) >= 11 is 0. The van der Waals surface area contributed by atoms with Crippen LogP contribution in [0.3, 0.4) is 0 Å². The number of hydrogen-bond acceptors (Lipinski definition) is 12. The molecular formula is C12H16N3Na2O11P. The smallest absolute Gasteiger partial charge is 0.790 e. The fourth-order valence-electron chi connectivity index (χ4n) is 2.28. The van der Waals surface area contributed by atoms with Gasteiger partial charge in [-0.3, -0.25) is 14.4 Å². The van der Waals surface area contributed by atoms with Crippen molar-refractivity contribution in [3.05, 3.63) is 10.4 Å². The SMILES string of the molecule is CC(=O)OC[C@H]1OC(OP(=O)([O-])[O-])[C@H](N=[N+]=[N-])[C@@H](OC(C)=O)[C@H]1OC(C)=O.[Na+].[Na+]. The second-order valence-electron chi connectivity index (χ2n) is 5.24. The first-order valence-electron chi connectivity index (χ1n) is 7.32. The number of carbonyl (C=O) groups is 3. The Bertz CT molecular complexity index is 684. The van der Waals surface area contributed by atoms with Crippen molar-refractivity contribution in [3.8, 4) is 0 Å². The van der Waals surface area contributed by atoms with E-state index in [2.05, 4.69) is 14.5 Å². The van der Waals surface area contributed by atoms with E-state index in [1.54, 1.807) is 0 Å². The Hall–Kier alpha value is -0.210. The third-order valence-corrected chi connectivity index (χ3v) is 3.55. The van der Waals surface area contributed by atoms with E-state index in [9.17, 15) is 28.7 Å². The summed E-state index contributed by atoms with van der Waals surface area (Å²) in [7, 11) is -5.63. The molecule has 0 spiro atoms. The fourth-order valence-corrected chi connectivity index (χ4v) is 2.71. The van der Waals surface area contributed by atoms with Gasteiger partial charge in [0.2, 0.25) is 0 Å². The second kappa shape index (κ2) is 14.0. The molecule has 0 N–H and O–H groups in total. The molecule has 14 nitrogen and oxygen atoms in total. The molecule has 0 aromatic carbocycles. The maximum atomic E-state index is 11.4. The molecule has 0 bridgehead atoms. The van der Waals surface area contributed by atoms with Crippen LogP contribution in [0.1, 0.15) is 20.8 Å². The van der Waals surface area contributed by atoms with Crippen molar-refractivity contribution >= 4 is 25.7 Å². The van der Waals surface area contributed by atoms with Crippen LogP contribution in [0.25, 0.3) is 10.4 Å². The van der Waals surface area contributed by atoms with Gasteiger partial charge in [0, 0.05) is 25.7 Å². The van der Waals surface area contributed by atoms with Gasteiger partial charge in [-0.05, 0) is 5.53 Å². The molecule has 1 aliphatic rings. The van der Waals surface area contributed by atoms with Crippen LogP contribution in [-0.2, 0) is 42.4 Å². The number of rotatable bonds is 7. The van der Waals surface area contributed by atoms with Crippen molar-refractivity contribution < 1.29 is 111 Å². The average Bonchev–Trinajstić information content (AvgIpc) is 2.49. The van der Waals surface area contributed by atoms with Gasteiger partial charge in [-0.15, -0.1) is 0 Å². The third kappa shape index (κ3) is 11.1. The molecule has 152 valence electrons. The van der Waals surface area contributed by atoms with Gasteiger partial charge in [-0.25, -0.2) is 0 Å². The number of hydrogen-bond donors (Lipinski definition) is 0. The van der Waals surface area contributed by atoms with Crippen LogP contribution in [0.4, 0.5) is 0 Å². The molecule has 17 heteroatoms. The molecule has 5 atom stereocenters. The number of phosphoric ester groups is 1. The van der Waals surface area contributed by atoms with Crippen molar-refractivity contribution in [2.45, 2.75) is 51.4 Å². The van der Waals surface area contributed by atoms with E-state index >= 15 is 0 Å². The number of phosphoric acid groups is 1. The normalized spacial score (nSPS) is 25.9. The number of azide groups is 1. The zero-order valence-corrected chi connectivity index (χ0v) is 21.3. The molecule has 0 aromatic rings. The molecule has 0 saturated carbocycles. The fraction of sp³-hybridized carbons (Fsp3) is 0.750. The van der Waals surface area contributed by atoms with Gasteiger partial charge >= 0.3 is 77.0 Å². The molecule has 0 aliphatic carbocycles. The Balaban J connectivity index is 0. The Labute approximate surface area is 209 Å². The van der Waals surface area contributed by atoms with E-state index in [0.717, 1.165) is 20.8 Å². The first-order valence-corrected chi connectivity index (χ1v) is 8.78. The van der Waals surface area contributed by atoms with E-state index in [1.807, 2.05) is 0 Å². The van der Waals surface area contributed by atoms with E-state index in [-0.39, 0.29) is 59.1 Å². The van der Waals surface area contributed by atoms with E-state index in [0.29, 0.717) is 0 Å². The summed E-state index contributed by atoms with van der Waals surface area (Å²) in [4.78, 5) is 58.2. The molecule has 1 unspecified atom stereocenters. The third-order valence-electron chi connectivity index (χ3n) is 3.09. The zero-order valence-electron chi connectivity index (χ0n) is 16.4. The first-order chi connectivity index (χ1) is 12.4. The topological polar surface area (TPSA) is 209 Å². The monoisotopic (exact) mass is 455 g/mol.